The molecule has 36 heavy (non-hydrogen) atoms. The molecule has 3 atom stereocenters. The number of sulfonamides is 1. The molecule has 0 aliphatic carbocycles. The molecule has 1 fully saturated rings. The Kier molecular flexibility index (Phi) is 10.1. The van der Waals surface area contributed by atoms with Crippen LogP contribution in [-0.2, 0) is 21.2 Å². The van der Waals surface area contributed by atoms with E-state index in [-0.39, 0.29) is 30.0 Å². The van der Waals surface area contributed by atoms with Gasteiger partial charge in [-0.1, -0.05) is 44.2 Å². The largest absolute Gasteiger partial charge is 0.497 e. The van der Waals surface area contributed by atoms with Crippen molar-refractivity contribution in [1.29, 1.82) is 0 Å². The van der Waals surface area contributed by atoms with Crippen molar-refractivity contribution in [2.24, 2.45) is 5.92 Å². The zero-order chi connectivity index (χ0) is 26.1. The van der Waals surface area contributed by atoms with E-state index in [1.54, 1.807) is 12.1 Å². The number of nitrogens with one attached hydrogen (secondary N) is 2. The number of amides is 1. The van der Waals surface area contributed by atoms with Crippen molar-refractivity contribution in [3.05, 3.63) is 60.2 Å². The lowest BCUT2D eigenvalue weighted by atomic mass is 10.0. The highest BCUT2D eigenvalue weighted by atomic mass is 32.2. The van der Waals surface area contributed by atoms with Crippen molar-refractivity contribution in [1.82, 2.24) is 14.9 Å². The molecule has 3 N–H and O–H groups in total. The number of alkyl carbamates (subject to hydrolysis) is 1. The Balaban J connectivity index is 1.80. The second-order valence-corrected chi connectivity index (χ2v) is 11.4. The van der Waals surface area contributed by atoms with Crippen LogP contribution in [0.15, 0.2) is 59.5 Å². The first kappa shape index (κ1) is 27.9. The Hall–Kier alpha value is -2.66. The van der Waals surface area contributed by atoms with Gasteiger partial charge in [0.1, 0.15) is 11.9 Å². The summed E-state index contributed by atoms with van der Waals surface area (Å²) in [5.74, 6) is 0.568. The van der Waals surface area contributed by atoms with Gasteiger partial charge in [0, 0.05) is 19.6 Å². The van der Waals surface area contributed by atoms with E-state index in [0.717, 1.165) is 18.5 Å². The van der Waals surface area contributed by atoms with Crippen LogP contribution in [-0.4, -0.2) is 75.5 Å². The molecule has 3 rings (SSSR count). The standard InChI is InChI=1S/C26H37N3O6S/c1-19(2)17-29(36(32,33)23-11-9-21(34-3)10-12-23)18-25(30)24(15-20-7-5-4-6-8-20)28-26(31)35-22-13-14-27-16-22/h4-12,19,22,24-25,27,30H,13-18H2,1-3H3,(H,28,31)/t22-,24+,25-/m1/s1. The molecular weight excluding hydrogens is 482 g/mol. The number of nitrogens with zero attached hydrogens (tertiary/aromatic N) is 1. The smallest absolute Gasteiger partial charge is 0.407 e. The maximum atomic E-state index is 13.5. The Morgan fingerprint density at radius 2 is 1.83 bits per heavy atom. The van der Waals surface area contributed by atoms with Crippen molar-refractivity contribution in [2.75, 3.05) is 33.3 Å². The predicted octanol–water partition coefficient (Wildman–Crippen LogP) is 2.40. The first-order valence-electron chi connectivity index (χ1n) is 12.2. The van der Waals surface area contributed by atoms with E-state index in [0.29, 0.717) is 18.7 Å². The minimum Gasteiger partial charge on any atom is -0.497 e. The van der Waals surface area contributed by atoms with Crippen molar-refractivity contribution in [3.63, 3.8) is 0 Å². The molecule has 10 heteroatoms. The maximum Gasteiger partial charge on any atom is 0.407 e. The molecule has 1 amide bonds. The molecule has 9 nitrogen and oxygen atoms in total. The lowest BCUT2D eigenvalue weighted by molar-refractivity contribution is 0.0756. The lowest BCUT2D eigenvalue weighted by Gasteiger charge is -2.30. The zero-order valence-corrected chi connectivity index (χ0v) is 21.9. The SMILES string of the molecule is COc1ccc(S(=O)(=O)N(CC(C)C)C[C@@H](O)[C@H](Cc2ccccc2)NC(=O)O[C@@H]2CCNC2)cc1. The summed E-state index contributed by atoms with van der Waals surface area (Å²) in [6.45, 7) is 5.21. The number of ether oxygens (including phenoxy) is 2. The monoisotopic (exact) mass is 519 g/mol. The number of hydrogen-bond donors (Lipinski definition) is 3. The molecule has 0 radical (unpaired) electrons. The van der Waals surface area contributed by atoms with Crippen LogP contribution in [0.3, 0.4) is 0 Å². The normalized spacial score (nSPS) is 17.7. The first-order chi connectivity index (χ1) is 17.2. The van der Waals surface area contributed by atoms with Gasteiger partial charge in [-0.2, -0.15) is 4.31 Å². The number of aliphatic hydroxyl groups is 1. The van der Waals surface area contributed by atoms with Crippen LogP contribution in [0.4, 0.5) is 4.79 Å². The fourth-order valence-corrected chi connectivity index (χ4v) is 5.75. The second-order valence-electron chi connectivity index (χ2n) is 9.42. The highest BCUT2D eigenvalue weighted by Gasteiger charge is 2.32. The van der Waals surface area contributed by atoms with Crippen molar-refractivity contribution >= 4 is 16.1 Å². The van der Waals surface area contributed by atoms with E-state index < -0.39 is 28.3 Å². The van der Waals surface area contributed by atoms with Crippen LogP contribution >= 0.6 is 0 Å². The fourth-order valence-electron chi connectivity index (χ4n) is 4.13. The van der Waals surface area contributed by atoms with Crippen molar-refractivity contribution in [2.45, 2.75) is 49.8 Å². The molecule has 0 saturated carbocycles. The van der Waals surface area contributed by atoms with Gasteiger partial charge in [-0.15, -0.1) is 0 Å². The van der Waals surface area contributed by atoms with Crippen LogP contribution < -0.4 is 15.4 Å². The van der Waals surface area contributed by atoms with Crippen LogP contribution in [0, 0.1) is 5.92 Å². The molecule has 2 aromatic carbocycles. The third-order valence-corrected chi connectivity index (χ3v) is 7.86. The summed E-state index contributed by atoms with van der Waals surface area (Å²) in [5.41, 5.74) is 0.901. The van der Waals surface area contributed by atoms with Gasteiger partial charge in [0.25, 0.3) is 0 Å². The van der Waals surface area contributed by atoms with E-state index in [1.165, 1.54) is 23.5 Å². The topological polar surface area (TPSA) is 117 Å². The third-order valence-electron chi connectivity index (χ3n) is 6.01. The number of methoxy groups -OCH3 is 1. The van der Waals surface area contributed by atoms with E-state index >= 15 is 0 Å². The molecule has 0 aromatic heterocycles. The van der Waals surface area contributed by atoms with E-state index in [1.807, 2.05) is 44.2 Å². The highest BCUT2D eigenvalue weighted by Crippen LogP contribution is 2.22. The summed E-state index contributed by atoms with van der Waals surface area (Å²) >= 11 is 0. The van der Waals surface area contributed by atoms with Gasteiger partial charge in [-0.05, 0) is 55.1 Å². The predicted molar refractivity (Wildman–Crippen MR) is 137 cm³/mol. The molecular formula is C26H37N3O6S. The Morgan fingerprint density at radius 1 is 1.14 bits per heavy atom. The number of benzene rings is 2. The Morgan fingerprint density at radius 3 is 2.42 bits per heavy atom. The number of carbonyl (C=O) groups is 1. The average Bonchev–Trinajstić information content (AvgIpc) is 3.36. The molecule has 2 aromatic rings. The highest BCUT2D eigenvalue weighted by molar-refractivity contribution is 7.89. The van der Waals surface area contributed by atoms with E-state index in [9.17, 15) is 18.3 Å². The van der Waals surface area contributed by atoms with Gasteiger partial charge in [0.15, 0.2) is 0 Å². The minimum atomic E-state index is -3.90. The fraction of sp³-hybridized carbons (Fsp3) is 0.500. The lowest BCUT2D eigenvalue weighted by Crippen LogP contribution is -2.51. The van der Waals surface area contributed by atoms with Crippen LogP contribution in [0.25, 0.3) is 0 Å². The zero-order valence-electron chi connectivity index (χ0n) is 21.1. The summed E-state index contributed by atoms with van der Waals surface area (Å²) in [7, 11) is -2.39. The summed E-state index contributed by atoms with van der Waals surface area (Å²) in [6, 6.07) is 14.8. The van der Waals surface area contributed by atoms with Crippen LogP contribution in [0.2, 0.25) is 0 Å². The Bertz CT molecular complexity index is 1060. The molecule has 1 heterocycles. The van der Waals surface area contributed by atoms with Gasteiger partial charge in [-0.3, -0.25) is 0 Å². The summed E-state index contributed by atoms with van der Waals surface area (Å²) in [6.07, 6.45) is -0.990. The molecule has 198 valence electrons. The number of carbonyl (C=O) groups excluding carboxylic acids is 1. The number of rotatable bonds is 12. The van der Waals surface area contributed by atoms with Crippen molar-refractivity contribution in [3.8, 4) is 5.75 Å². The van der Waals surface area contributed by atoms with Crippen LogP contribution in [0.5, 0.6) is 5.75 Å². The average molecular weight is 520 g/mol. The Labute approximate surface area is 213 Å². The molecule has 1 aliphatic heterocycles. The van der Waals surface area contributed by atoms with Crippen LogP contribution in [0.1, 0.15) is 25.8 Å². The van der Waals surface area contributed by atoms with E-state index in [2.05, 4.69) is 10.6 Å². The summed E-state index contributed by atoms with van der Waals surface area (Å²) in [4.78, 5) is 12.7. The summed E-state index contributed by atoms with van der Waals surface area (Å²) in [5, 5.41) is 17.2. The number of aliphatic hydroxyl groups excluding tert-OH is 1. The van der Waals surface area contributed by atoms with Crippen molar-refractivity contribution < 1.29 is 27.8 Å². The third kappa shape index (κ3) is 7.92. The van der Waals surface area contributed by atoms with E-state index in [4.69, 9.17) is 9.47 Å². The molecule has 0 bridgehead atoms. The molecule has 1 saturated heterocycles. The minimum absolute atomic E-state index is 0.0191. The molecule has 1 aliphatic rings. The quantitative estimate of drug-likeness (QED) is 0.394. The molecule has 0 unspecified atom stereocenters. The van der Waals surface area contributed by atoms with Gasteiger partial charge in [0.2, 0.25) is 10.0 Å². The summed E-state index contributed by atoms with van der Waals surface area (Å²) < 4.78 is 38.9. The van der Waals surface area contributed by atoms with Gasteiger partial charge in [-0.25, -0.2) is 13.2 Å². The molecule has 0 spiro atoms. The number of hydrogen-bond acceptors (Lipinski definition) is 7. The van der Waals surface area contributed by atoms with Gasteiger partial charge >= 0.3 is 6.09 Å². The maximum absolute atomic E-state index is 13.5. The van der Waals surface area contributed by atoms with Gasteiger partial charge < -0.3 is 25.2 Å². The van der Waals surface area contributed by atoms with Gasteiger partial charge in [0.05, 0.1) is 24.2 Å². The second kappa shape index (κ2) is 13.0. The first-order valence-corrected chi connectivity index (χ1v) is 13.7.